The number of methoxy groups -OCH3 is 2. The molecule has 1 aliphatic rings. The third-order valence-electron chi connectivity index (χ3n) is 5.56. The topological polar surface area (TPSA) is 120 Å². The lowest BCUT2D eigenvalue weighted by Crippen LogP contribution is -2.47. The van der Waals surface area contributed by atoms with E-state index in [0.717, 1.165) is 11.1 Å². The first-order valence-corrected chi connectivity index (χ1v) is 12.3. The van der Waals surface area contributed by atoms with Crippen molar-refractivity contribution in [1.82, 2.24) is 10.6 Å². The van der Waals surface area contributed by atoms with Crippen LogP contribution in [0.4, 0.5) is 4.79 Å². The first-order valence-electron chi connectivity index (χ1n) is 10.6. The van der Waals surface area contributed by atoms with Crippen LogP contribution in [0.2, 0.25) is 0 Å². The maximum atomic E-state index is 13.2. The lowest BCUT2D eigenvalue weighted by Gasteiger charge is -2.29. The second-order valence-corrected chi connectivity index (χ2v) is 9.75. The van der Waals surface area contributed by atoms with E-state index in [1.807, 2.05) is 13.8 Å². The molecule has 2 aromatic rings. The highest BCUT2D eigenvalue weighted by Crippen LogP contribution is 2.35. The fraction of sp³-hybridized carbons (Fsp3) is 0.333. The van der Waals surface area contributed by atoms with Gasteiger partial charge in [0, 0.05) is 5.70 Å². The number of hydrogen-bond donors (Lipinski definition) is 2. The normalized spacial score (nSPS) is 15.9. The summed E-state index contributed by atoms with van der Waals surface area (Å²) in [4.78, 5) is 25.6. The minimum atomic E-state index is -3.89. The van der Waals surface area contributed by atoms with Crippen LogP contribution in [0.25, 0.3) is 0 Å². The van der Waals surface area contributed by atoms with Gasteiger partial charge >= 0.3 is 12.0 Å². The Kier molecular flexibility index (Phi) is 7.51. The van der Waals surface area contributed by atoms with Gasteiger partial charge in [-0.2, -0.15) is 0 Å². The Hall–Kier alpha value is -3.53. The maximum Gasteiger partial charge on any atom is 0.338 e. The molecular weight excluding hydrogens is 460 g/mol. The zero-order valence-corrected chi connectivity index (χ0v) is 20.5. The number of hydrogen-bond acceptors (Lipinski definition) is 7. The van der Waals surface area contributed by atoms with Crippen LogP contribution in [-0.2, 0) is 19.4 Å². The number of nitrogens with one attached hydrogen (secondary N) is 2. The first-order chi connectivity index (χ1) is 16.1. The molecule has 9 nitrogen and oxygen atoms in total. The zero-order chi connectivity index (χ0) is 25.0. The van der Waals surface area contributed by atoms with E-state index in [0.29, 0.717) is 17.1 Å². The van der Waals surface area contributed by atoms with Gasteiger partial charge in [0.2, 0.25) is 0 Å². The Balaban J connectivity index is 2.13. The van der Waals surface area contributed by atoms with Crippen LogP contribution >= 0.6 is 0 Å². The molecule has 0 saturated carbocycles. The van der Waals surface area contributed by atoms with Gasteiger partial charge in [-0.15, -0.1) is 0 Å². The molecule has 2 N–H and O–H groups in total. The highest BCUT2D eigenvalue weighted by Gasteiger charge is 2.36. The Labute approximate surface area is 199 Å². The van der Waals surface area contributed by atoms with Crippen LogP contribution in [0.1, 0.15) is 29.7 Å². The molecule has 0 spiro atoms. The number of benzene rings is 2. The van der Waals surface area contributed by atoms with Crippen LogP contribution in [0.5, 0.6) is 11.5 Å². The molecule has 0 fully saturated rings. The third kappa shape index (κ3) is 5.17. The molecule has 0 bridgehead atoms. The molecule has 0 unspecified atom stereocenters. The van der Waals surface area contributed by atoms with E-state index in [1.54, 1.807) is 37.3 Å². The second-order valence-electron chi connectivity index (χ2n) is 7.76. The predicted molar refractivity (Wildman–Crippen MR) is 126 cm³/mol. The summed E-state index contributed by atoms with van der Waals surface area (Å²) in [6, 6.07) is 8.11. The van der Waals surface area contributed by atoms with Crippen molar-refractivity contribution in [3.8, 4) is 11.5 Å². The van der Waals surface area contributed by atoms with Gasteiger partial charge in [0.05, 0.1) is 43.1 Å². The predicted octanol–water partition coefficient (Wildman–Crippen LogP) is 2.97. The van der Waals surface area contributed by atoms with Gasteiger partial charge in [-0.25, -0.2) is 18.0 Å². The third-order valence-corrected chi connectivity index (χ3v) is 7.20. The lowest BCUT2D eigenvalue weighted by atomic mass is 9.95. The summed E-state index contributed by atoms with van der Waals surface area (Å²) in [5.41, 5.74) is 2.23. The molecule has 10 heteroatoms. The molecule has 0 radical (unpaired) electrons. The number of amides is 2. The Bertz CT molecular complexity index is 1250. The van der Waals surface area contributed by atoms with E-state index in [-0.39, 0.29) is 22.8 Å². The van der Waals surface area contributed by atoms with Gasteiger partial charge in [0.15, 0.2) is 21.3 Å². The summed E-state index contributed by atoms with van der Waals surface area (Å²) in [5, 5.41) is 5.19. The fourth-order valence-electron chi connectivity index (χ4n) is 3.64. The van der Waals surface area contributed by atoms with Crippen molar-refractivity contribution in [2.45, 2.75) is 31.7 Å². The van der Waals surface area contributed by atoms with Crippen molar-refractivity contribution in [1.29, 1.82) is 0 Å². The van der Waals surface area contributed by atoms with Gasteiger partial charge in [-0.3, -0.25) is 0 Å². The summed E-state index contributed by atoms with van der Waals surface area (Å²) in [7, 11) is -0.932. The van der Waals surface area contributed by atoms with Crippen LogP contribution in [0.3, 0.4) is 0 Å². The van der Waals surface area contributed by atoms with E-state index >= 15 is 0 Å². The Morgan fingerprint density at radius 3 is 2.32 bits per heavy atom. The molecule has 34 heavy (non-hydrogen) atoms. The molecule has 2 amide bonds. The molecule has 1 heterocycles. The number of rotatable bonds is 8. The van der Waals surface area contributed by atoms with Crippen LogP contribution in [-0.4, -0.2) is 47.0 Å². The molecule has 1 atom stereocenters. The summed E-state index contributed by atoms with van der Waals surface area (Å²) in [6.45, 7) is 5.42. The highest BCUT2D eigenvalue weighted by atomic mass is 32.2. The van der Waals surface area contributed by atoms with Crippen LogP contribution in [0.15, 0.2) is 52.6 Å². The molecule has 1 aliphatic heterocycles. The van der Waals surface area contributed by atoms with Gasteiger partial charge < -0.3 is 24.8 Å². The molecular formula is C24H28N2O7S. The van der Waals surface area contributed by atoms with Crippen molar-refractivity contribution in [3.63, 3.8) is 0 Å². The quantitative estimate of drug-likeness (QED) is 0.548. The van der Waals surface area contributed by atoms with Crippen LogP contribution in [0, 0.1) is 13.8 Å². The summed E-state index contributed by atoms with van der Waals surface area (Å²) in [5.74, 6) is -0.466. The standard InChI is InChI=1S/C24H28N2O7S/c1-6-33-23(27)21-18(13-34(29,30)17-9-7-14(2)15(3)11-17)25-24(28)26-22(21)16-8-10-19(31-4)20(12-16)32-5/h7-12,22H,6,13H2,1-5H3,(H2,25,26,28)/t22-/m0/s1. The van der Waals surface area contributed by atoms with E-state index in [1.165, 1.54) is 20.3 Å². The largest absolute Gasteiger partial charge is 0.493 e. The van der Waals surface area contributed by atoms with E-state index in [4.69, 9.17) is 14.2 Å². The van der Waals surface area contributed by atoms with E-state index in [9.17, 15) is 18.0 Å². The fourth-order valence-corrected chi connectivity index (χ4v) is 5.05. The number of carbonyl (C=O) groups is 2. The molecule has 0 saturated heterocycles. The molecule has 182 valence electrons. The van der Waals surface area contributed by atoms with E-state index < -0.39 is 33.6 Å². The Morgan fingerprint density at radius 2 is 1.71 bits per heavy atom. The summed E-state index contributed by atoms with van der Waals surface area (Å²) < 4.78 is 42.3. The molecule has 0 aliphatic carbocycles. The summed E-state index contributed by atoms with van der Waals surface area (Å²) >= 11 is 0. The molecule has 2 aromatic carbocycles. The number of carbonyl (C=O) groups excluding carboxylic acids is 2. The zero-order valence-electron chi connectivity index (χ0n) is 19.7. The number of ether oxygens (including phenoxy) is 3. The smallest absolute Gasteiger partial charge is 0.338 e. The first kappa shape index (κ1) is 25.1. The minimum absolute atomic E-state index is 0.000999. The SMILES string of the molecule is CCOC(=O)C1=C(CS(=O)(=O)c2ccc(C)c(C)c2)NC(=O)N[C@H]1c1ccc(OC)c(OC)c1. The van der Waals surface area contributed by atoms with Crippen molar-refractivity contribution in [3.05, 3.63) is 64.4 Å². The molecule has 0 aromatic heterocycles. The van der Waals surface area contributed by atoms with Gasteiger partial charge in [-0.1, -0.05) is 12.1 Å². The monoisotopic (exact) mass is 488 g/mol. The summed E-state index contributed by atoms with van der Waals surface area (Å²) in [6.07, 6.45) is 0. The van der Waals surface area contributed by atoms with Crippen molar-refractivity contribution in [2.75, 3.05) is 26.6 Å². The Morgan fingerprint density at radius 1 is 1.00 bits per heavy atom. The number of sulfone groups is 1. The van der Waals surface area contributed by atoms with Crippen molar-refractivity contribution in [2.24, 2.45) is 0 Å². The van der Waals surface area contributed by atoms with Gasteiger partial charge in [0.25, 0.3) is 0 Å². The van der Waals surface area contributed by atoms with Crippen molar-refractivity contribution < 1.29 is 32.2 Å². The van der Waals surface area contributed by atoms with E-state index in [2.05, 4.69) is 10.6 Å². The van der Waals surface area contributed by atoms with Gasteiger partial charge in [0.1, 0.15) is 0 Å². The average Bonchev–Trinajstić information content (AvgIpc) is 2.79. The maximum absolute atomic E-state index is 13.2. The second kappa shape index (κ2) is 10.2. The molecule has 3 rings (SSSR count). The van der Waals surface area contributed by atoms with Crippen molar-refractivity contribution >= 4 is 21.8 Å². The average molecular weight is 489 g/mol. The highest BCUT2D eigenvalue weighted by molar-refractivity contribution is 7.91. The number of aryl methyl sites for hydroxylation is 2. The lowest BCUT2D eigenvalue weighted by molar-refractivity contribution is -0.139. The van der Waals surface area contributed by atoms with Crippen LogP contribution < -0.4 is 20.1 Å². The van der Waals surface area contributed by atoms with Gasteiger partial charge in [-0.05, 0) is 61.7 Å². The number of esters is 1. The minimum Gasteiger partial charge on any atom is -0.493 e. The number of urea groups is 1.